The first-order chi connectivity index (χ1) is 9.74. The Bertz CT molecular complexity index is 559. The van der Waals surface area contributed by atoms with E-state index in [2.05, 4.69) is 15.5 Å². The quantitative estimate of drug-likeness (QED) is 0.884. The molecular formula is C13H16N4O2S. The second-order valence-corrected chi connectivity index (χ2v) is 4.99. The summed E-state index contributed by atoms with van der Waals surface area (Å²) in [5, 5.41) is 20.8. The van der Waals surface area contributed by atoms with E-state index < -0.39 is 0 Å². The maximum absolute atomic E-state index is 11.9. The number of amides is 2. The monoisotopic (exact) mass is 292 g/mol. The van der Waals surface area contributed by atoms with Gasteiger partial charge in [0, 0.05) is 18.7 Å². The van der Waals surface area contributed by atoms with Gasteiger partial charge >= 0.3 is 6.03 Å². The second-order valence-electron chi connectivity index (χ2n) is 4.01. The normalized spacial score (nSPS) is 10.3. The van der Waals surface area contributed by atoms with Gasteiger partial charge in [0.2, 0.25) is 5.13 Å². The molecule has 0 saturated carbocycles. The van der Waals surface area contributed by atoms with Crippen LogP contribution >= 0.6 is 11.3 Å². The summed E-state index contributed by atoms with van der Waals surface area (Å²) in [7, 11) is 0. The number of nitrogens with one attached hydrogen (secondary N) is 1. The lowest BCUT2D eigenvalue weighted by Gasteiger charge is -2.18. The van der Waals surface area contributed by atoms with E-state index in [0.717, 1.165) is 10.6 Å². The summed E-state index contributed by atoms with van der Waals surface area (Å²) in [4.78, 5) is 13.4. The average molecular weight is 292 g/mol. The average Bonchev–Trinajstić information content (AvgIpc) is 2.94. The molecule has 1 heterocycles. The third-order valence-corrected chi connectivity index (χ3v) is 3.59. The van der Waals surface area contributed by atoms with Gasteiger partial charge in [-0.05, 0) is 6.92 Å². The molecule has 0 aliphatic heterocycles. The third-order valence-electron chi connectivity index (χ3n) is 2.70. The number of aliphatic hydroxyl groups is 1. The van der Waals surface area contributed by atoms with Crippen molar-refractivity contribution in [2.45, 2.75) is 6.92 Å². The van der Waals surface area contributed by atoms with Gasteiger partial charge in [0.05, 0.1) is 6.61 Å². The molecule has 0 aliphatic carbocycles. The van der Waals surface area contributed by atoms with Crippen molar-refractivity contribution in [2.75, 3.05) is 25.0 Å². The van der Waals surface area contributed by atoms with E-state index in [0.29, 0.717) is 18.2 Å². The van der Waals surface area contributed by atoms with Crippen molar-refractivity contribution < 1.29 is 9.90 Å². The number of carbonyl (C=O) groups excluding carboxylic acids is 1. The number of nitrogens with zero attached hydrogens (tertiary/aromatic N) is 3. The summed E-state index contributed by atoms with van der Waals surface area (Å²) < 4.78 is 0. The minimum atomic E-state index is -0.280. The molecule has 0 spiro atoms. The molecule has 1 aromatic carbocycles. The maximum Gasteiger partial charge on any atom is 0.323 e. The van der Waals surface area contributed by atoms with Crippen molar-refractivity contribution in [1.29, 1.82) is 0 Å². The number of aliphatic hydroxyl groups excluding tert-OH is 1. The fourth-order valence-corrected chi connectivity index (χ4v) is 2.40. The second kappa shape index (κ2) is 6.97. The lowest BCUT2D eigenvalue weighted by atomic mass is 10.2. The van der Waals surface area contributed by atoms with Crippen LogP contribution in [0.2, 0.25) is 0 Å². The molecule has 0 bridgehead atoms. The van der Waals surface area contributed by atoms with E-state index >= 15 is 0 Å². The Kier molecular flexibility index (Phi) is 5.03. The molecule has 7 heteroatoms. The van der Waals surface area contributed by atoms with Crippen LogP contribution < -0.4 is 5.32 Å². The lowest BCUT2D eigenvalue weighted by Crippen LogP contribution is -2.36. The highest BCUT2D eigenvalue weighted by atomic mass is 32.1. The molecule has 0 radical (unpaired) electrons. The first-order valence-corrected chi connectivity index (χ1v) is 7.12. The molecule has 0 fully saturated rings. The zero-order valence-corrected chi connectivity index (χ0v) is 11.9. The van der Waals surface area contributed by atoms with Gasteiger partial charge in [-0.3, -0.25) is 5.32 Å². The van der Waals surface area contributed by atoms with E-state index in [1.165, 1.54) is 16.2 Å². The first kappa shape index (κ1) is 14.4. The Morgan fingerprint density at radius 3 is 2.75 bits per heavy atom. The molecule has 2 amide bonds. The molecule has 0 aliphatic rings. The Balaban J connectivity index is 2.04. The molecular weight excluding hydrogens is 276 g/mol. The number of urea groups is 1. The molecule has 106 valence electrons. The van der Waals surface area contributed by atoms with Gasteiger partial charge in [-0.2, -0.15) is 0 Å². The van der Waals surface area contributed by atoms with Gasteiger partial charge in [0.25, 0.3) is 0 Å². The van der Waals surface area contributed by atoms with Crippen molar-refractivity contribution in [2.24, 2.45) is 0 Å². The molecule has 0 unspecified atom stereocenters. The standard InChI is InChI=1S/C13H16N4O2S/c1-2-17(8-9-18)13(19)14-12-16-15-11(20-12)10-6-4-3-5-7-10/h3-7,18H,2,8-9H2,1H3,(H,14,16,19). The van der Waals surface area contributed by atoms with Crippen molar-refractivity contribution in [3.05, 3.63) is 30.3 Å². The summed E-state index contributed by atoms with van der Waals surface area (Å²) in [5.41, 5.74) is 0.966. The molecule has 2 rings (SSSR count). The van der Waals surface area contributed by atoms with Gasteiger partial charge in [0.1, 0.15) is 5.01 Å². The maximum atomic E-state index is 11.9. The summed E-state index contributed by atoms with van der Waals surface area (Å²) in [6, 6.07) is 9.38. The number of likely N-dealkylation sites (N-methyl/N-ethyl adjacent to an activating group) is 1. The number of carbonyl (C=O) groups is 1. The largest absolute Gasteiger partial charge is 0.395 e. The van der Waals surface area contributed by atoms with Crippen LogP contribution in [0.3, 0.4) is 0 Å². The van der Waals surface area contributed by atoms with Crippen molar-refractivity contribution in [1.82, 2.24) is 15.1 Å². The van der Waals surface area contributed by atoms with Gasteiger partial charge in [-0.15, -0.1) is 10.2 Å². The molecule has 20 heavy (non-hydrogen) atoms. The summed E-state index contributed by atoms with van der Waals surface area (Å²) in [5.74, 6) is 0. The smallest absolute Gasteiger partial charge is 0.323 e. The van der Waals surface area contributed by atoms with Gasteiger partial charge < -0.3 is 10.0 Å². The van der Waals surface area contributed by atoms with Crippen molar-refractivity contribution in [3.63, 3.8) is 0 Å². The Hall–Kier alpha value is -1.99. The van der Waals surface area contributed by atoms with Crippen LogP contribution in [0, 0.1) is 0 Å². The number of rotatable bonds is 5. The number of hydrogen-bond acceptors (Lipinski definition) is 5. The lowest BCUT2D eigenvalue weighted by molar-refractivity contribution is 0.192. The van der Waals surface area contributed by atoms with Crippen LogP contribution in [0.1, 0.15) is 6.92 Å². The molecule has 1 aromatic heterocycles. The highest BCUT2D eigenvalue weighted by Gasteiger charge is 2.14. The van der Waals surface area contributed by atoms with Gasteiger partial charge in [-0.25, -0.2) is 4.79 Å². The number of hydrogen-bond donors (Lipinski definition) is 2. The Morgan fingerprint density at radius 2 is 2.10 bits per heavy atom. The van der Waals surface area contributed by atoms with E-state index in [4.69, 9.17) is 5.11 Å². The fraction of sp³-hybridized carbons (Fsp3) is 0.308. The van der Waals surface area contributed by atoms with Crippen LogP contribution in [0.15, 0.2) is 30.3 Å². The molecule has 2 N–H and O–H groups in total. The Morgan fingerprint density at radius 1 is 1.35 bits per heavy atom. The molecule has 6 nitrogen and oxygen atoms in total. The van der Waals surface area contributed by atoms with E-state index in [1.54, 1.807) is 0 Å². The summed E-state index contributed by atoms with van der Waals surface area (Å²) >= 11 is 1.32. The molecule has 2 aromatic rings. The SMILES string of the molecule is CCN(CCO)C(=O)Nc1nnc(-c2ccccc2)s1. The van der Waals surface area contributed by atoms with Crippen LogP contribution in [0.5, 0.6) is 0 Å². The summed E-state index contributed by atoms with van der Waals surface area (Å²) in [6.45, 7) is 2.61. The fourth-order valence-electron chi connectivity index (χ4n) is 1.67. The zero-order valence-electron chi connectivity index (χ0n) is 11.1. The molecule has 0 atom stereocenters. The summed E-state index contributed by atoms with van der Waals surface area (Å²) in [6.07, 6.45) is 0. The third kappa shape index (κ3) is 3.52. The topological polar surface area (TPSA) is 78.4 Å². The van der Waals surface area contributed by atoms with Crippen LogP contribution in [0.4, 0.5) is 9.93 Å². The number of benzene rings is 1. The van der Waals surface area contributed by atoms with Crippen molar-refractivity contribution in [3.8, 4) is 10.6 Å². The Labute approximate surface area is 121 Å². The van der Waals surface area contributed by atoms with E-state index in [1.807, 2.05) is 37.3 Å². The number of anilines is 1. The van der Waals surface area contributed by atoms with E-state index in [-0.39, 0.29) is 12.6 Å². The van der Waals surface area contributed by atoms with Crippen LogP contribution in [-0.4, -0.2) is 45.9 Å². The predicted octanol–water partition coefficient (Wildman–Crippen LogP) is 2.05. The number of aromatic nitrogens is 2. The van der Waals surface area contributed by atoms with Crippen LogP contribution in [0.25, 0.3) is 10.6 Å². The van der Waals surface area contributed by atoms with Gasteiger partial charge in [0.15, 0.2) is 0 Å². The van der Waals surface area contributed by atoms with E-state index in [9.17, 15) is 4.79 Å². The van der Waals surface area contributed by atoms with Crippen molar-refractivity contribution >= 4 is 22.5 Å². The minimum absolute atomic E-state index is 0.0629. The highest BCUT2D eigenvalue weighted by Crippen LogP contribution is 2.25. The zero-order chi connectivity index (χ0) is 14.4. The molecule has 0 saturated heterocycles. The van der Waals surface area contributed by atoms with Crippen LogP contribution in [-0.2, 0) is 0 Å². The minimum Gasteiger partial charge on any atom is -0.395 e. The highest BCUT2D eigenvalue weighted by molar-refractivity contribution is 7.18. The van der Waals surface area contributed by atoms with Gasteiger partial charge in [-0.1, -0.05) is 41.7 Å². The predicted molar refractivity (Wildman–Crippen MR) is 78.7 cm³/mol. The first-order valence-electron chi connectivity index (χ1n) is 6.30.